The molecule has 0 aromatic carbocycles. The summed E-state index contributed by atoms with van der Waals surface area (Å²) in [5.74, 6) is -0.963. The summed E-state index contributed by atoms with van der Waals surface area (Å²) < 4.78 is 25.8. The van der Waals surface area contributed by atoms with Crippen molar-refractivity contribution in [2.24, 2.45) is 0 Å². The Kier molecular flexibility index (Phi) is 9.12. The number of hydrogen-bond donors (Lipinski definition) is 2. The highest BCUT2D eigenvalue weighted by Crippen LogP contribution is 2.24. The first-order valence-electron chi connectivity index (χ1n) is 12.2. The average molecular weight is 523 g/mol. The van der Waals surface area contributed by atoms with Crippen LogP contribution in [0.1, 0.15) is 46.5 Å². The van der Waals surface area contributed by atoms with Crippen molar-refractivity contribution in [3.8, 4) is 6.01 Å². The molecule has 2 N–H and O–H groups in total. The molecule has 198 valence electrons. The maximum atomic E-state index is 14.8. The highest BCUT2D eigenvalue weighted by atomic mass is 19.1. The molecule has 12 nitrogen and oxygen atoms in total. The lowest BCUT2D eigenvalue weighted by Crippen LogP contribution is -2.47. The fraction of sp³-hybridized carbons (Fsp3) is 0.400. The number of carbonyl (C=O) groups excluding carboxylic acids is 2. The molecule has 0 radical (unpaired) electrons. The first kappa shape index (κ1) is 26.5. The van der Waals surface area contributed by atoms with Gasteiger partial charge in [0.2, 0.25) is 6.54 Å². The van der Waals surface area contributed by atoms with Gasteiger partial charge >= 0.3 is 6.01 Å². The maximum Gasteiger partial charge on any atom is 0.316 e. The molecule has 4 heterocycles. The van der Waals surface area contributed by atoms with Gasteiger partial charge in [0.05, 0.1) is 17.8 Å². The van der Waals surface area contributed by atoms with Crippen molar-refractivity contribution in [3.63, 3.8) is 0 Å². The number of nitrogens with one attached hydrogen (secondary N) is 2. The highest BCUT2D eigenvalue weighted by Gasteiger charge is 2.33. The van der Waals surface area contributed by atoms with Gasteiger partial charge in [0.1, 0.15) is 12.4 Å². The van der Waals surface area contributed by atoms with E-state index in [1.807, 2.05) is 0 Å². The molecule has 4 rings (SSSR count). The van der Waals surface area contributed by atoms with E-state index in [1.54, 1.807) is 11.0 Å². The zero-order valence-corrected chi connectivity index (χ0v) is 20.5. The molecule has 1 aliphatic rings. The van der Waals surface area contributed by atoms with E-state index in [0.717, 1.165) is 19.3 Å². The smallest absolute Gasteiger partial charge is 0.316 e. The SMILES string of the molecule is [C-]#[N+]CCCCCNC(=O)c1cnccc1NC(=O)c1coc(N2CC[C@@H](Oc3ncccn3)[C@@H](F)C2)n1. The van der Waals surface area contributed by atoms with E-state index in [0.29, 0.717) is 26.1 Å². The van der Waals surface area contributed by atoms with Crippen LogP contribution in [0.3, 0.4) is 0 Å². The molecule has 1 fully saturated rings. The zero-order valence-electron chi connectivity index (χ0n) is 20.5. The Labute approximate surface area is 218 Å². The Morgan fingerprint density at radius 2 is 2.05 bits per heavy atom. The van der Waals surface area contributed by atoms with Crippen LogP contribution in [0, 0.1) is 6.57 Å². The van der Waals surface area contributed by atoms with Crippen LogP contribution in [0.2, 0.25) is 0 Å². The number of amides is 2. The Bertz CT molecular complexity index is 1270. The van der Waals surface area contributed by atoms with Gasteiger partial charge in [0.15, 0.2) is 11.9 Å². The molecule has 13 heteroatoms. The number of rotatable bonds is 11. The molecule has 1 aliphatic heterocycles. The minimum atomic E-state index is -1.35. The zero-order chi connectivity index (χ0) is 26.7. The number of ether oxygens (including phenoxy) is 1. The van der Waals surface area contributed by atoms with Crippen molar-refractivity contribution < 1.29 is 23.1 Å². The Hall–Kier alpha value is -4.60. The first-order valence-corrected chi connectivity index (χ1v) is 12.2. The van der Waals surface area contributed by atoms with Gasteiger partial charge < -0.3 is 29.5 Å². The summed E-state index contributed by atoms with van der Waals surface area (Å²) in [6.45, 7) is 8.06. The molecule has 3 aromatic rings. The monoisotopic (exact) mass is 522 g/mol. The molecule has 0 unspecified atom stereocenters. The number of unbranched alkanes of at least 4 members (excludes halogenated alkanes) is 2. The lowest BCUT2D eigenvalue weighted by Gasteiger charge is -2.33. The second kappa shape index (κ2) is 13.1. The van der Waals surface area contributed by atoms with Crippen LogP contribution in [-0.4, -0.2) is 70.2 Å². The molecular formula is C25H27FN8O4. The number of carbonyl (C=O) groups is 2. The van der Waals surface area contributed by atoms with Gasteiger partial charge in [0.25, 0.3) is 17.8 Å². The summed E-state index contributed by atoms with van der Waals surface area (Å²) in [4.78, 5) is 46.4. The minimum Gasteiger partial charge on any atom is -0.457 e. The standard InChI is InChI=1S/C25H27FN8O4/c1-27-8-3-2-4-9-29-22(35)17-14-28-12-6-19(17)32-23(36)20-16-37-25(33-20)34-13-7-21(18(26)15-34)38-24-30-10-5-11-31-24/h5-6,10-12,14,16,18,21H,2-4,7-9,13,15H2,(H,29,35)(H,28,32,36)/t18-,21+/m0/s1. The largest absolute Gasteiger partial charge is 0.457 e. The summed E-state index contributed by atoms with van der Waals surface area (Å²) in [7, 11) is 0. The average Bonchev–Trinajstić information content (AvgIpc) is 3.43. The Balaban J connectivity index is 1.31. The first-order chi connectivity index (χ1) is 18.5. The van der Waals surface area contributed by atoms with Gasteiger partial charge in [-0.25, -0.2) is 20.9 Å². The van der Waals surface area contributed by atoms with Gasteiger partial charge in [-0.3, -0.25) is 14.6 Å². The molecule has 2 amide bonds. The molecule has 0 saturated carbocycles. The van der Waals surface area contributed by atoms with Gasteiger partial charge in [-0.1, -0.05) is 0 Å². The van der Waals surface area contributed by atoms with Crippen molar-refractivity contribution in [2.75, 3.05) is 36.4 Å². The third-order valence-corrected chi connectivity index (χ3v) is 5.82. The van der Waals surface area contributed by atoms with Gasteiger partial charge in [-0.2, -0.15) is 4.98 Å². The number of pyridine rings is 1. The van der Waals surface area contributed by atoms with Gasteiger partial charge in [-0.15, -0.1) is 0 Å². The van der Waals surface area contributed by atoms with Crippen LogP contribution < -0.4 is 20.3 Å². The second-order valence-corrected chi connectivity index (χ2v) is 8.53. The van der Waals surface area contributed by atoms with Crippen LogP contribution >= 0.6 is 0 Å². The number of oxazole rings is 1. The molecule has 0 bridgehead atoms. The van der Waals surface area contributed by atoms with E-state index in [1.165, 1.54) is 37.1 Å². The highest BCUT2D eigenvalue weighted by molar-refractivity contribution is 6.08. The van der Waals surface area contributed by atoms with E-state index in [4.69, 9.17) is 15.7 Å². The predicted octanol–water partition coefficient (Wildman–Crippen LogP) is 2.93. The van der Waals surface area contributed by atoms with Crippen molar-refractivity contribution >= 4 is 23.5 Å². The van der Waals surface area contributed by atoms with E-state index in [9.17, 15) is 14.0 Å². The number of piperidine rings is 1. The number of aromatic nitrogens is 4. The number of nitrogens with zero attached hydrogens (tertiary/aromatic N) is 6. The Morgan fingerprint density at radius 1 is 1.21 bits per heavy atom. The lowest BCUT2D eigenvalue weighted by atomic mass is 10.1. The summed E-state index contributed by atoms with van der Waals surface area (Å²) in [5, 5.41) is 5.46. The van der Waals surface area contributed by atoms with Crippen molar-refractivity contribution in [1.82, 2.24) is 25.3 Å². The maximum absolute atomic E-state index is 14.8. The fourth-order valence-corrected chi connectivity index (χ4v) is 3.85. The van der Waals surface area contributed by atoms with Crippen LogP contribution in [0.25, 0.3) is 4.85 Å². The quantitative estimate of drug-likeness (QED) is 0.287. The van der Waals surface area contributed by atoms with Crippen molar-refractivity contribution in [3.05, 3.63) is 65.9 Å². The number of hydrogen-bond acceptors (Lipinski definition) is 9. The molecule has 0 aliphatic carbocycles. The number of anilines is 2. The molecule has 0 spiro atoms. The van der Waals surface area contributed by atoms with E-state index in [-0.39, 0.29) is 41.4 Å². The normalized spacial score (nSPS) is 16.9. The predicted molar refractivity (Wildman–Crippen MR) is 135 cm³/mol. The van der Waals surface area contributed by atoms with Crippen LogP contribution in [0.4, 0.5) is 16.1 Å². The van der Waals surface area contributed by atoms with Crippen LogP contribution in [-0.2, 0) is 0 Å². The van der Waals surface area contributed by atoms with Gasteiger partial charge in [0, 0.05) is 50.7 Å². The third kappa shape index (κ3) is 7.00. The van der Waals surface area contributed by atoms with E-state index < -0.39 is 18.2 Å². The third-order valence-electron chi connectivity index (χ3n) is 5.82. The number of halogens is 1. The molecule has 2 atom stereocenters. The van der Waals surface area contributed by atoms with Crippen LogP contribution in [0.15, 0.2) is 47.6 Å². The van der Waals surface area contributed by atoms with Gasteiger partial charge in [-0.05, 0) is 25.0 Å². The molecule has 3 aromatic heterocycles. The summed E-state index contributed by atoms with van der Waals surface area (Å²) in [6.07, 6.45) is 7.71. The van der Waals surface area contributed by atoms with Crippen LogP contribution in [0.5, 0.6) is 6.01 Å². The second-order valence-electron chi connectivity index (χ2n) is 8.53. The summed E-state index contributed by atoms with van der Waals surface area (Å²) in [6, 6.07) is 3.38. The lowest BCUT2D eigenvalue weighted by molar-refractivity contribution is 0.0723. The molecule has 38 heavy (non-hydrogen) atoms. The van der Waals surface area contributed by atoms with E-state index in [2.05, 4.69) is 35.4 Å². The number of alkyl halides is 1. The molecule has 1 saturated heterocycles. The summed E-state index contributed by atoms with van der Waals surface area (Å²) in [5.41, 5.74) is 0.454. The van der Waals surface area contributed by atoms with E-state index >= 15 is 0 Å². The summed E-state index contributed by atoms with van der Waals surface area (Å²) >= 11 is 0. The minimum absolute atomic E-state index is 0.0190. The fourth-order valence-electron chi connectivity index (χ4n) is 3.85. The Morgan fingerprint density at radius 3 is 2.84 bits per heavy atom. The topological polar surface area (TPSA) is 140 Å². The molecular weight excluding hydrogens is 495 g/mol. The van der Waals surface area contributed by atoms with Crippen molar-refractivity contribution in [2.45, 2.75) is 38.0 Å². The van der Waals surface area contributed by atoms with Crippen molar-refractivity contribution in [1.29, 1.82) is 0 Å².